The van der Waals surface area contributed by atoms with Crippen LogP contribution in [-0.4, -0.2) is 23.0 Å². The van der Waals surface area contributed by atoms with Crippen LogP contribution in [0.25, 0.3) is 0 Å². The van der Waals surface area contributed by atoms with Crippen LogP contribution in [0.3, 0.4) is 0 Å². The van der Waals surface area contributed by atoms with Gasteiger partial charge in [-0.05, 0) is 66.9 Å². The largest absolute Gasteiger partial charge is 0.349 e. The first-order valence-corrected chi connectivity index (χ1v) is 11.0. The minimum Gasteiger partial charge on any atom is -0.349 e. The van der Waals surface area contributed by atoms with Crippen molar-refractivity contribution in [1.29, 1.82) is 0 Å². The number of hydrogen-bond acceptors (Lipinski definition) is 3. The van der Waals surface area contributed by atoms with Gasteiger partial charge in [0, 0.05) is 22.9 Å². The predicted molar refractivity (Wildman–Crippen MR) is 125 cm³/mol. The first-order chi connectivity index (χ1) is 14.4. The summed E-state index contributed by atoms with van der Waals surface area (Å²) < 4.78 is 0. The molecule has 0 bridgehead atoms. The van der Waals surface area contributed by atoms with Crippen molar-refractivity contribution in [3.8, 4) is 0 Å². The van der Waals surface area contributed by atoms with Crippen molar-refractivity contribution in [2.24, 2.45) is 0 Å². The van der Waals surface area contributed by atoms with Crippen LogP contribution < -0.4 is 16.0 Å². The standard InChI is InChI=1S/C24H29N3O2S/c1-16(2)17-11-13-18(14-12-17)22(28)27-24(30)26-21-10-6-7-19(15-21)23(29)25-20-8-4-3-5-9-20/h6-7,10-16,20H,3-5,8-9H2,1-2H3,(H,25,29)(H2,26,27,28,30). The summed E-state index contributed by atoms with van der Waals surface area (Å²) in [4.78, 5) is 25.0. The smallest absolute Gasteiger partial charge is 0.257 e. The molecule has 0 unspecified atom stereocenters. The molecule has 0 atom stereocenters. The molecule has 1 aliphatic carbocycles. The zero-order valence-corrected chi connectivity index (χ0v) is 18.4. The fourth-order valence-corrected chi connectivity index (χ4v) is 3.82. The molecule has 2 aromatic rings. The Labute approximate surface area is 183 Å². The molecule has 0 saturated heterocycles. The Morgan fingerprint density at radius 1 is 0.933 bits per heavy atom. The van der Waals surface area contributed by atoms with Gasteiger partial charge in [-0.3, -0.25) is 14.9 Å². The summed E-state index contributed by atoms with van der Waals surface area (Å²) in [5.74, 6) is 0.0622. The van der Waals surface area contributed by atoms with Crippen LogP contribution in [0.1, 0.15) is 78.1 Å². The molecule has 2 aromatic carbocycles. The quantitative estimate of drug-likeness (QED) is 0.592. The highest BCUT2D eigenvalue weighted by Gasteiger charge is 2.17. The van der Waals surface area contributed by atoms with E-state index in [2.05, 4.69) is 29.8 Å². The average molecular weight is 424 g/mol. The number of amides is 2. The number of rotatable bonds is 5. The second-order valence-electron chi connectivity index (χ2n) is 8.07. The molecular formula is C24H29N3O2S. The van der Waals surface area contributed by atoms with E-state index in [9.17, 15) is 9.59 Å². The maximum absolute atomic E-state index is 12.5. The molecule has 1 aliphatic rings. The van der Waals surface area contributed by atoms with Gasteiger partial charge in [-0.2, -0.15) is 0 Å². The molecule has 0 aliphatic heterocycles. The Kier molecular flexibility index (Phi) is 7.57. The van der Waals surface area contributed by atoms with Crippen LogP contribution >= 0.6 is 12.2 Å². The molecular weight excluding hydrogens is 394 g/mol. The summed E-state index contributed by atoms with van der Waals surface area (Å²) in [7, 11) is 0. The van der Waals surface area contributed by atoms with Crippen molar-refractivity contribution >= 4 is 34.8 Å². The van der Waals surface area contributed by atoms with Gasteiger partial charge < -0.3 is 10.6 Å². The number of anilines is 1. The molecule has 0 radical (unpaired) electrons. The van der Waals surface area contributed by atoms with Gasteiger partial charge in [-0.25, -0.2) is 0 Å². The van der Waals surface area contributed by atoms with Crippen LogP contribution in [0.2, 0.25) is 0 Å². The Bertz CT molecular complexity index is 903. The SMILES string of the molecule is CC(C)c1ccc(C(=O)NC(=S)Nc2cccc(C(=O)NC3CCCCC3)c2)cc1. The minimum absolute atomic E-state index is 0.0780. The Hall–Kier alpha value is -2.73. The van der Waals surface area contributed by atoms with Crippen molar-refractivity contribution < 1.29 is 9.59 Å². The van der Waals surface area contributed by atoms with Crippen molar-refractivity contribution in [2.75, 3.05) is 5.32 Å². The van der Waals surface area contributed by atoms with Crippen molar-refractivity contribution in [3.05, 3.63) is 65.2 Å². The van der Waals surface area contributed by atoms with E-state index >= 15 is 0 Å². The van der Waals surface area contributed by atoms with Gasteiger partial charge in [0.1, 0.15) is 0 Å². The van der Waals surface area contributed by atoms with Crippen molar-refractivity contribution in [3.63, 3.8) is 0 Å². The summed E-state index contributed by atoms with van der Waals surface area (Å²) in [6.45, 7) is 4.22. The first kappa shape index (κ1) is 22.0. The summed E-state index contributed by atoms with van der Waals surface area (Å²) in [6, 6.07) is 14.9. The van der Waals surface area contributed by atoms with Crippen LogP contribution in [0.4, 0.5) is 5.69 Å². The van der Waals surface area contributed by atoms with Gasteiger partial charge in [0.25, 0.3) is 11.8 Å². The van der Waals surface area contributed by atoms with Gasteiger partial charge in [-0.1, -0.05) is 51.3 Å². The Balaban J connectivity index is 1.56. The molecule has 3 N–H and O–H groups in total. The fraction of sp³-hybridized carbons (Fsp3) is 0.375. The third-order valence-corrected chi connectivity index (χ3v) is 5.59. The van der Waals surface area contributed by atoms with E-state index in [1.807, 2.05) is 18.2 Å². The average Bonchev–Trinajstić information content (AvgIpc) is 2.74. The summed E-state index contributed by atoms with van der Waals surface area (Å²) in [5.41, 5.74) is 2.95. The van der Waals surface area contributed by atoms with Gasteiger partial charge in [-0.15, -0.1) is 0 Å². The van der Waals surface area contributed by atoms with Gasteiger partial charge in [0.05, 0.1) is 0 Å². The van der Waals surface area contributed by atoms with Crippen LogP contribution in [0.15, 0.2) is 48.5 Å². The third kappa shape index (κ3) is 6.13. The number of benzene rings is 2. The zero-order chi connectivity index (χ0) is 21.5. The van der Waals surface area contributed by atoms with E-state index in [0.29, 0.717) is 22.7 Å². The van der Waals surface area contributed by atoms with E-state index < -0.39 is 0 Å². The maximum Gasteiger partial charge on any atom is 0.257 e. The topological polar surface area (TPSA) is 70.2 Å². The van der Waals surface area contributed by atoms with Crippen molar-refractivity contribution in [1.82, 2.24) is 10.6 Å². The molecule has 1 saturated carbocycles. The maximum atomic E-state index is 12.5. The van der Waals surface area contributed by atoms with Crippen LogP contribution in [0.5, 0.6) is 0 Å². The number of thiocarbonyl (C=S) groups is 1. The molecule has 1 fully saturated rings. The highest BCUT2D eigenvalue weighted by molar-refractivity contribution is 7.80. The lowest BCUT2D eigenvalue weighted by atomic mass is 9.95. The lowest BCUT2D eigenvalue weighted by Gasteiger charge is -2.22. The normalized spacial score (nSPS) is 14.2. The van der Waals surface area contributed by atoms with Gasteiger partial charge in [0.2, 0.25) is 0 Å². The number of carbonyl (C=O) groups is 2. The monoisotopic (exact) mass is 423 g/mol. The molecule has 0 heterocycles. The molecule has 2 amide bonds. The van der Waals surface area contributed by atoms with E-state index in [4.69, 9.17) is 12.2 Å². The highest BCUT2D eigenvalue weighted by Crippen LogP contribution is 2.19. The third-order valence-electron chi connectivity index (χ3n) is 5.39. The second kappa shape index (κ2) is 10.3. The Morgan fingerprint density at radius 3 is 2.30 bits per heavy atom. The number of hydrogen-bond donors (Lipinski definition) is 3. The van der Waals surface area contributed by atoms with E-state index in [1.54, 1.807) is 30.3 Å². The van der Waals surface area contributed by atoms with Gasteiger partial charge >= 0.3 is 0 Å². The highest BCUT2D eigenvalue weighted by atomic mass is 32.1. The van der Waals surface area contributed by atoms with Crippen molar-refractivity contribution in [2.45, 2.75) is 57.9 Å². The predicted octanol–water partition coefficient (Wildman–Crippen LogP) is 5.00. The summed E-state index contributed by atoms with van der Waals surface area (Å²) in [6.07, 6.45) is 5.66. The Morgan fingerprint density at radius 2 is 1.63 bits per heavy atom. The second-order valence-corrected chi connectivity index (χ2v) is 8.48. The molecule has 6 heteroatoms. The van der Waals surface area contributed by atoms with Crippen LogP contribution in [-0.2, 0) is 0 Å². The first-order valence-electron chi connectivity index (χ1n) is 10.6. The summed E-state index contributed by atoms with van der Waals surface area (Å²) in [5, 5.41) is 8.98. The van der Waals surface area contributed by atoms with E-state index in [0.717, 1.165) is 12.8 Å². The minimum atomic E-state index is -0.269. The molecule has 5 nitrogen and oxygen atoms in total. The molecule has 3 rings (SSSR count). The summed E-state index contributed by atoms with van der Waals surface area (Å²) >= 11 is 5.28. The lowest BCUT2D eigenvalue weighted by molar-refractivity contribution is 0.0926. The van der Waals surface area contributed by atoms with Crippen LogP contribution in [0, 0.1) is 0 Å². The number of nitrogens with one attached hydrogen (secondary N) is 3. The zero-order valence-electron chi connectivity index (χ0n) is 17.5. The molecule has 0 aromatic heterocycles. The fourth-order valence-electron chi connectivity index (χ4n) is 3.61. The molecule has 158 valence electrons. The van der Waals surface area contributed by atoms with Gasteiger partial charge in [0.15, 0.2) is 5.11 Å². The van der Waals surface area contributed by atoms with E-state index in [-0.39, 0.29) is 23.0 Å². The van der Waals surface area contributed by atoms with E-state index in [1.165, 1.54) is 24.8 Å². The molecule has 30 heavy (non-hydrogen) atoms. The lowest BCUT2D eigenvalue weighted by Crippen LogP contribution is -2.36. The number of carbonyl (C=O) groups excluding carboxylic acids is 2. The molecule has 0 spiro atoms.